The number of aromatic nitrogens is 2. The van der Waals surface area contributed by atoms with Crippen LogP contribution in [0.15, 0.2) is 36.4 Å². The van der Waals surface area contributed by atoms with Gasteiger partial charge in [0, 0.05) is 26.2 Å². The smallest absolute Gasteiger partial charge is 0.186 e. The number of anilines is 2. The second kappa shape index (κ2) is 6.61. The molecule has 0 aliphatic carbocycles. The van der Waals surface area contributed by atoms with Crippen LogP contribution in [0.1, 0.15) is 0 Å². The molecule has 0 unspecified atom stereocenters. The lowest BCUT2D eigenvalue weighted by atomic mass is 10.3. The van der Waals surface area contributed by atoms with Gasteiger partial charge in [0.2, 0.25) is 0 Å². The summed E-state index contributed by atoms with van der Waals surface area (Å²) in [5.41, 5.74) is 1.87. The van der Waals surface area contributed by atoms with Gasteiger partial charge in [0.05, 0.1) is 27.5 Å². The monoisotopic (exact) mass is 400 g/mol. The highest BCUT2D eigenvalue weighted by atomic mass is 32.1. The van der Waals surface area contributed by atoms with Crippen molar-refractivity contribution in [3.63, 3.8) is 0 Å². The summed E-state index contributed by atoms with van der Waals surface area (Å²) < 4.78 is 20.7. The van der Waals surface area contributed by atoms with Gasteiger partial charge in [-0.3, -0.25) is 0 Å². The Morgan fingerprint density at radius 3 is 2.00 bits per heavy atom. The molecule has 3 heterocycles. The van der Waals surface area contributed by atoms with Crippen molar-refractivity contribution in [2.75, 3.05) is 43.1 Å². The minimum Gasteiger partial charge on any atom is -0.497 e. The number of nitrogens with zero attached hydrogens (tertiary/aromatic N) is 4. The van der Waals surface area contributed by atoms with E-state index in [0.717, 1.165) is 62.6 Å². The molecule has 2 aromatic carbocycles. The summed E-state index contributed by atoms with van der Waals surface area (Å²) >= 11 is 3.25. The first-order valence-electron chi connectivity index (χ1n) is 8.70. The molecule has 8 heteroatoms. The molecule has 1 saturated heterocycles. The number of thiazole rings is 2. The van der Waals surface area contributed by atoms with Crippen molar-refractivity contribution < 1.29 is 9.13 Å². The summed E-state index contributed by atoms with van der Waals surface area (Å²) in [6, 6.07) is 10.8. The Kier molecular flexibility index (Phi) is 4.09. The number of hydrogen-bond donors (Lipinski definition) is 0. The molecule has 4 aromatic rings. The van der Waals surface area contributed by atoms with Crippen molar-refractivity contribution in [3.05, 3.63) is 42.2 Å². The summed E-state index contributed by atoms with van der Waals surface area (Å²) in [7, 11) is 1.68. The highest BCUT2D eigenvalue weighted by molar-refractivity contribution is 7.22. The van der Waals surface area contributed by atoms with Gasteiger partial charge in [-0.15, -0.1) is 0 Å². The average molecular weight is 401 g/mol. The Balaban J connectivity index is 1.33. The largest absolute Gasteiger partial charge is 0.497 e. The second-order valence-corrected chi connectivity index (χ2v) is 8.43. The minimum atomic E-state index is -0.213. The molecule has 2 aromatic heterocycles. The molecule has 1 fully saturated rings. The van der Waals surface area contributed by atoms with Gasteiger partial charge in [0.1, 0.15) is 11.6 Å². The molecule has 0 bridgehead atoms. The number of rotatable bonds is 3. The van der Waals surface area contributed by atoms with Crippen LogP contribution in [-0.4, -0.2) is 43.3 Å². The van der Waals surface area contributed by atoms with Crippen LogP contribution in [0, 0.1) is 5.82 Å². The maximum atomic E-state index is 13.4. The van der Waals surface area contributed by atoms with E-state index in [2.05, 4.69) is 14.8 Å². The first-order valence-corrected chi connectivity index (χ1v) is 10.3. The Morgan fingerprint density at radius 1 is 0.852 bits per heavy atom. The third-order valence-electron chi connectivity index (χ3n) is 4.74. The maximum absolute atomic E-state index is 13.4. The van der Waals surface area contributed by atoms with E-state index in [4.69, 9.17) is 9.72 Å². The Labute approximate surface area is 163 Å². The summed E-state index contributed by atoms with van der Waals surface area (Å²) in [4.78, 5) is 14.0. The molecular weight excluding hydrogens is 383 g/mol. The highest BCUT2D eigenvalue weighted by Crippen LogP contribution is 2.33. The first-order chi connectivity index (χ1) is 13.2. The highest BCUT2D eigenvalue weighted by Gasteiger charge is 2.22. The third kappa shape index (κ3) is 3.08. The van der Waals surface area contributed by atoms with Gasteiger partial charge in [0.15, 0.2) is 10.3 Å². The quantitative estimate of drug-likeness (QED) is 0.510. The zero-order valence-electron chi connectivity index (χ0n) is 14.7. The fraction of sp³-hybridized carbons (Fsp3) is 0.263. The van der Waals surface area contributed by atoms with Crippen LogP contribution in [0.2, 0.25) is 0 Å². The van der Waals surface area contributed by atoms with Crippen LogP contribution < -0.4 is 14.5 Å². The average Bonchev–Trinajstić information content (AvgIpc) is 3.31. The number of ether oxygens (including phenoxy) is 1. The molecule has 1 aliphatic heterocycles. The van der Waals surface area contributed by atoms with Crippen LogP contribution in [0.25, 0.3) is 20.4 Å². The Bertz CT molecular complexity index is 1120. The van der Waals surface area contributed by atoms with Crippen molar-refractivity contribution in [1.29, 1.82) is 0 Å². The van der Waals surface area contributed by atoms with E-state index in [-0.39, 0.29) is 5.82 Å². The Hall–Kier alpha value is -2.45. The topological polar surface area (TPSA) is 41.5 Å². The van der Waals surface area contributed by atoms with Crippen LogP contribution in [-0.2, 0) is 0 Å². The molecule has 1 aliphatic rings. The lowest BCUT2D eigenvalue weighted by Gasteiger charge is -2.34. The molecule has 0 amide bonds. The minimum absolute atomic E-state index is 0.213. The van der Waals surface area contributed by atoms with E-state index < -0.39 is 0 Å². The van der Waals surface area contributed by atoms with E-state index in [1.165, 1.54) is 6.07 Å². The van der Waals surface area contributed by atoms with Gasteiger partial charge < -0.3 is 14.5 Å². The van der Waals surface area contributed by atoms with E-state index in [1.54, 1.807) is 41.9 Å². The first kappa shape index (κ1) is 16.7. The molecular formula is C19H17FN4OS2. The van der Waals surface area contributed by atoms with Crippen molar-refractivity contribution in [2.24, 2.45) is 0 Å². The third-order valence-corrected chi connectivity index (χ3v) is 6.90. The number of fused-ring (bicyclic) bond motifs is 2. The lowest BCUT2D eigenvalue weighted by molar-refractivity contribution is 0.415. The van der Waals surface area contributed by atoms with Crippen molar-refractivity contribution in [3.8, 4) is 5.75 Å². The maximum Gasteiger partial charge on any atom is 0.186 e. The zero-order valence-corrected chi connectivity index (χ0v) is 16.3. The lowest BCUT2D eigenvalue weighted by Crippen LogP contribution is -2.46. The van der Waals surface area contributed by atoms with Crippen LogP contribution in [0.3, 0.4) is 0 Å². The molecule has 0 radical (unpaired) electrons. The van der Waals surface area contributed by atoms with Crippen LogP contribution >= 0.6 is 22.7 Å². The summed E-state index contributed by atoms with van der Waals surface area (Å²) in [5, 5.41) is 2.01. The van der Waals surface area contributed by atoms with Crippen molar-refractivity contribution in [1.82, 2.24) is 9.97 Å². The number of piperazine rings is 1. The molecule has 27 heavy (non-hydrogen) atoms. The second-order valence-electron chi connectivity index (χ2n) is 6.41. The van der Waals surface area contributed by atoms with Crippen LogP contribution in [0.5, 0.6) is 5.75 Å². The van der Waals surface area contributed by atoms with Gasteiger partial charge in [0.25, 0.3) is 0 Å². The fourth-order valence-corrected chi connectivity index (χ4v) is 5.35. The van der Waals surface area contributed by atoms with E-state index in [0.29, 0.717) is 0 Å². The van der Waals surface area contributed by atoms with Gasteiger partial charge in [-0.05, 0) is 36.4 Å². The SMILES string of the molecule is COc1ccc2nc(N3CCN(c4nc5ccc(F)cc5s4)CC3)sc2c1. The normalized spacial score (nSPS) is 15.0. The zero-order chi connectivity index (χ0) is 18.4. The van der Waals surface area contributed by atoms with Crippen LogP contribution in [0.4, 0.5) is 14.7 Å². The predicted molar refractivity (Wildman–Crippen MR) is 110 cm³/mol. The molecule has 0 N–H and O–H groups in total. The number of methoxy groups -OCH3 is 1. The fourth-order valence-electron chi connectivity index (χ4n) is 3.27. The Morgan fingerprint density at radius 2 is 1.41 bits per heavy atom. The number of benzene rings is 2. The summed E-state index contributed by atoms with van der Waals surface area (Å²) in [6.45, 7) is 3.53. The van der Waals surface area contributed by atoms with Gasteiger partial charge in [-0.25, -0.2) is 14.4 Å². The number of hydrogen-bond acceptors (Lipinski definition) is 7. The van der Waals surface area contributed by atoms with Gasteiger partial charge in [-0.1, -0.05) is 22.7 Å². The molecule has 0 saturated carbocycles. The molecule has 5 nitrogen and oxygen atoms in total. The van der Waals surface area contributed by atoms with Crippen molar-refractivity contribution in [2.45, 2.75) is 0 Å². The van der Waals surface area contributed by atoms with Gasteiger partial charge >= 0.3 is 0 Å². The molecule has 138 valence electrons. The van der Waals surface area contributed by atoms with E-state index >= 15 is 0 Å². The van der Waals surface area contributed by atoms with E-state index in [9.17, 15) is 4.39 Å². The summed E-state index contributed by atoms with van der Waals surface area (Å²) in [5.74, 6) is 0.643. The van der Waals surface area contributed by atoms with Crippen molar-refractivity contribution >= 4 is 53.4 Å². The standard InChI is InChI=1S/C19H17FN4OS2/c1-25-13-3-5-15-17(11-13)27-19(22-15)24-8-6-23(7-9-24)18-21-14-4-2-12(20)10-16(14)26-18/h2-5,10-11H,6-9H2,1H3. The van der Waals surface area contributed by atoms with Gasteiger partial charge in [-0.2, -0.15) is 0 Å². The van der Waals surface area contributed by atoms with E-state index in [1.807, 2.05) is 18.2 Å². The summed E-state index contributed by atoms with van der Waals surface area (Å²) in [6.07, 6.45) is 0. The molecule has 5 rings (SSSR count). The predicted octanol–water partition coefficient (Wildman–Crippen LogP) is 4.38. The molecule has 0 atom stereocenters. The number of halogens is 1. The molecule has 0 spiro atoms.